The largest absolute Gasteiger partial charge is 0.507 e. The number of rotatable bonds is 7. The second-order valence-corrected chi connectivity index (χ2v) is 10.1. The molecule has 0 amide bonds. The summed E-state index contributed by atoms with van der Waals surface area (Å²) in [5, 5.41) is 10.8. The van der Waals surface area contributed by atoms with Gasteiger partial charge in [0.2, 0.25) is 5.88 Å². The Morgan fingerprint density at radius 2 is 1.39 bits per heavy atom. The zero-order valence-corrected chi connectivity index (χ0v) is 22.2. The van der Waals surface area contributed by atoms with E-state index in [1.807, 2.05) is 66.7 Å². The maximum absolute atomic E-state index is 10.8. The van der Waals surface area contributed by atoms with Crippen LogP contribution in [-0.4, -0.2) is 15.1 Å². The number of pyridine rings is 2. The number of para-hydroxylation sites is 1. The lowest BCUT2D eigenvalue weighted by molar-refractivity contribution is 0.463. The molecule has 1 N–H and O–H groups in total. The molecule has 4 heteroatoms. The van der Waals surface area contributed by atoms with E-state index in [2.05, 4.69) is 56.9 Å². The standard InChI is InChI=1S/C34H32N2O2/c1-22(2)25-18-26(23(3)4)20-27(19-25)29-15-16-31(36-34(29)30-12-5-6-13-32(30)37)24-10-9-11-28(21-24)38-33-14-7-8-17-35-33/h5-23,37H,1-4H3. The van der Waals surface area contributed by atoms with Crippen molar-refractivity contribution in [2.45, 2.75) is 39.5 Å². The molecule has 0 aliphatic rings. The van der Waals surface area contributed by atoms with Gasteiger partial charge in [-0.3, -0.25) is 0 Å². The molecular formula is C34H32N2O2. The monoisotopic (exact) mass is 500 g/mol. The molecule has 5 aromatic rings. The number of aromatic nitrogens is 2. The van der Waals surface area contributed by atoms with Crippen LogP contribution in [0.3, 0.4) is 0 Å². The van der Waals surface area contributed by atoms with Gasteiger partial charge in [0.1, 0.15) is 11.5 Å². The molecule has 5 rings (SSSR count). The molecule has 4 nitrogen and oxygen atoms in total. The first-order valence-electron chi connectivity index (χ1n) is 13.0. The van der Waals surface area contributed by atoms with E-state index in [0.717, 1.165) is 28.1 Å². The van der Waals surface area contributed by atoms with Gasteiger partial charge >= 0.3 is 0 Å². The zero-order valence-electron chi connectivity index (χ0n) is 22.2. The zero-order chi connectivity index (χ0) is 26.6. The molecule has 0 spiro atoms. The van der Waals surface area contributed by atoms with E-state index in [4.69, 9.17) is 9.72 Å². The van der Waals surface area contributed by atoms with Crippen LogP contribution in [0.1, 0.15) is 50.7 Å². The lowest BCUT2D eigenvalue weighted by atomic mass is 9.89. The molecule has 2 heterocycles. The van der Waals surface area contributed by atoms with Gasteiger partial charge in [-0.05, 0) is 64.9 Å². The molecule has 0 bridgehead atoms. The second-order valence-electron chi connectivity index (χ2n) is 10.1. The Hall–Kier alpha value is -4.44. The highest BCUT2D eigenvalue weighted by atomic mass is 16.5. The highest BCUT2D eigenvalue weighted by molar-refractivity contribution is 5.85. The average molecular weight is 501 g/mol. The van der Waals surface area contributed by atoms with Gasteiger partial charge in [0.25, 0.3) is 0 Å². The van der Waals surface area contributed by atoms with Crippen LogP contribution in [0.5, 0.6) is 17.4 Å². The van der Waals surface area contributed by atoms with E-state index < -0.39 is 0 Å². The number of phenols is 1. The van der Waals surface area contributed by atoms with Crippen LogP contribution in [0.2, 0.25) is 0 Å². The van der Waals surface area contributed by atoms with Gasteiger partial charge in [0.05, 0.1) is 11.4 Å². The SMILES string of the molecule is CC(C)c1cc(-c2ccc(-c3cccc(Oc4ccccn4)c3)nc2-c2ccccc2O)cc(C(C)C)c1. The van der Waals surface area contributed by atoms with E-state index in [9.17, 15) is 5.11 Å². The minimum atomic E-state index is 0.203. The average Bonchev–Trinajstić information content (AvgIpc) is 2.93. The minimum absolute atomic E-state index is 0.203. The predicted molar refractivity (Wildman–Crippen MR) is 155 cm³/mol. The Kier molecular flexibility index (Phi) is 7.23. The Bertz CT molecular complexity index is 1530. The minimum Gasteiger partial charge on any atom is -0.507 e. The van der Waals surface area contributed by atoms with Crippen molar-refractivity contribution >= 4 is 0 Å². The fourth-order valence-electron chi connectivity index (χ4n) is 4.48. The number of hydrogen-bond donors (Lipinski definition) is 1. The number of aromatic hydroxyl groups is 1. The topological polar surface area (TPSA) is 55.2 Å². The molecule has 190 valence electrons. The third kappa shape index (κ3) is 5.45. The molecule has 0 radical (unpaired) electrons. The summed E-state index contributed by atoms with van der Waals surface area (Å²) in [4.78, 5) is 9.37. The van der Waals surface area contributed by atoms with Gasteiger partial charge in [-0.25, -0.2) is 9.97 Å². The van der Waals surface area contributed by atoms with Crippen LogP contribution in [0.25, 0.3) is 33.6 Å². The fourth-order valence-corrected chi connectivity index (χ4v) is 4.48. The van der Waals surface area contributed by atoms with Gasteiger partial charge in [-0.2, -0.15) is 0 Å². The smallest absolute Gasteiger partial charge is 0.219 e. The molecular weight excluding hydrogens is 468 g/mol. The van der Waals surface area contributed by atoms with Gasteiger partial charge in [0.15, 0.2) is 0 Å². The van der Waals surface area contributed by atoms with E-state index in [0.29, 0.717) is 29.0 Å². The second kappa shape index (κ2) is 10.9. The Morgan fingerprint density at radius 3 is 2.08 bits per heavy atom. The van der Waals surface area contributed by atoms with Crippen molar-refractivity contribution in [2.24, 2.45) is 0 Å². The maximum atomic E-state index is 10.8. The summed E-state index contributed by atoms with van der Waals surface area (Å²) in [6.45, 7) is 8.87. The number of ether oxygens (including phenoxy) is 1. The number of benzene rings is 3. The molecule has 0 aliphatic heterocycles. The van der Waals surface area contributed by atoms with Gasteiger partial charge < -0.3 is 9.84 Å². The van der Waals surface area contributed by atoms with Crippen molar-refractivity contribution in [1.82, 2.24) is 9.97 Å². The highest BCUT2D eigenvalue weighted by Crippen LogP contribution is 2.39. The van der Waals surface area contributed by atoms with Gasteiger partial charge in [-0.1, -0.05) is 82.3 Å². The Morgan fingerprint density at radius 1 is 0.658 bits per heavy atom. The summed E-state index contributed by atoms with van der Waals surface area (Å²) in [7, 11) is 0. The first-order chi connectivity index (χ1) is 18.4. The van der Waals surface area contributed by atoms with Crippen molar-refractivity contribution in [3.8, 4) is 51.0 Å². The Balaban J connectivity index is 1.65. The quantitative estimate of drug-likeness (QED) is 0.242. The molecule has 0 unspecified atom stereocenters. The number of hydrogen-bond acceptors (Lipinski definition) is 4. The third-order valence-corrected chi connectivity index (χ3v) is 6.67. The van der Waals surface area contributed by atoms with Gasteiger partial charge in [0, 0.05) is 29.0 Å². The summed E-state index contributed by atoms with van der Waals surface area (Å²) in [5.74, 6) is 2.22. The number of phenolic OH excluding ortho intramolecular Hbond substituents is 1. The first-order valence-corrected chi connectivity index (χ1v) is 13.0. The molecule has 2 aromatic heterocycles. The van der Waals surface area contributed by atoms with Crippen LogP contribution in [0.4, 0.5) is 0 Å². The summed E-state index contributed by atoms with van der Waals surface area (Å²) in [6, 6.07) is 31.7. The molecule has 0 atom stereocenters. The molecule has 0 fully saturated rings. The van der Waals surface area contributed by atoms with Crippen molar-refractivity contribution < 1.29 is 9.84 Å². The van der Waals surface area contributed by atoms with Crippen LogP contribution in [-0.2, 0) is 0 Å². The first kappa shape index (κ1) is 25.2. The summed E-state index contributed by atoms with van der Waals surface area (Å²) in [6.07, 6.45) is 1.71. The van der Waals surface area contributed by atoms with Crippen LogP contribution >= 0.6 is 0 Å². The van der Waals surface area contributed by atoms with E-state index in [1.54, 1.807) is 12.3 Å². The molecule has 3 aromatic carbocycles. The van der Waals surface area contributed by atoms with Crippen LogP contribution in [0, 0.1) is 0 Å². The van der Waals surface area contributed by atoms with Crippen LogP contribution in [0.15, 0.2) is 103 Å². The van der Waals surface area contributed by atoms with Crippen molar-refractivity contribution in [1.29, 1.82) is 0 Å². The fraction of sp³-hybridized carbons (Fsp3) is 0.176. The molecule has 0 saturated heterocycles. The van der Waals surface area contributed by atoms with E-state index in [1.165, 1.54) is 11.1 Å². The van der Waals surface area contributed by atoms with Crippen molar-refractivity contribution in [3.05, 3.63) is 114 Å². The molecule has 0 aliphatic carbocycles. The normalized spacial score (nSPS) is 11.2. The predicted octanol–water partition coefficient (Wildman–Crippen LogP) is 9.22. The van der Waals surface area contributed by atoms with Crippen LogP contribution < -0.4 is 4.74 Å². The third-order valence-electron chi connectivity index (χ3n) is 6.67. The van der Waals surface area contributed by atoms with Crippen molar-refractivity contribution in [3.63, 3.8) is 0 Å². The lowest BCUT2D eigenvalue weighted by Crippen LogP contribution is -1.98. The summed E-state index contributed by atoms with van der Waals surface area (Å²) >= 11 is 0. The maximum Gasteiger partial charge on any atom is 0.219 e. The van der Waals surface area contributed by atoms with Crippen molar-refractivity contribution in [2.75, 3.05) is 0 Å². The molecule has 38 heavy (non-hydrogen) atoms. The number of nitrogens with zero attached hydrogens (tertiary/aromatic N) is 2. The molecule has 0 saturated carbocycles. The lowest BCUT2D eigenvalue weighted by Gasteiger charge is -2.18. The van der Waals surface area contributed by atoms with E-state index in [-0.39, 0.29) is 5.75 Å². The highest BCUT2D eigenvalue weighted by Gasteiger charge is 2.17. The van der Waals surface area contributed by atoms with E-state index >= 15 is 0 Å². The van der Waals surface area contributed by atoms with Gasteiger partial charge in [-0.15, -0.1) is 0 Å². The summed E-state index contributed by atoms with van der Waals surface area (Å²) < 4.78 is 5.96. The Labute approximate surface area is 224 Å². The summed E-state index contributed by atoms with van der Waals surface area (Å²) in [5.41, 5.74) is 7.82.